The summed E-state index contributed by atoms with van der Waals surface area (Å²) in [5.41, 5.74) is 3.34. The number of hydrogen-bond donors (Lipinski definition) is 6. The van der Waals surface area contributed by atoms with Crippen molar-refractivity contribution in [2.45, 2.75) is 106 Å². The first kappa shape index (κ1) is 50.5. The zero-order chi connectivity index (χ0) is 49.2. The van der Waals surface area contributed by atoms with Gasteiger partial charge in [-0.1, -0.05) is 64.1 Å². The molecule has 6 N–H and O–H groups in total. The fourth-order valence-electron chi connectivity index (χ4n) is 9.34. The Kier molecular flexibility index (Phi) is 15.5. The van der Waals surface area contributed by atoms with Gasteiger partial charge in [0, 0.05) is 93.9 Å². The number of aliphatic hydroxyl groups excluding tert-OH is 2. The molecular weight excluding hydrogens is 861 g/mol. The Morgan fingerprint density at radius 2 is 1.57 bits per heavy atom. The maximum Gasteiger partial charge on any atom is 0.312 e. The van der Waals surface area contributed by atoms with Crippen molar-refractivity contribution < 1.29 is 58.9 Å². The van der Waals surface area contributed by atoms with Gasteiger partial charge in [0.15, 0.2) is 5.75 Å². The summed E-state index contributed by atoms with van der Waals surface area (Å²) in [5, 5.41) is 67.7. The van der Waals surface area contributed by atoms with Crippen molar-refractivity contribution in [1.29, 1.82) is 0 Å². The lowest BCUT2D eigenvalue weighted by atomic mass is 9.78. The Bertz CT molecular complexity index is 2490. The molecule has 9 atom stereocenters. The summed E-state index contributed by atoms with van der Waals surface area (Å²) in [4.78, 5) is 43.3. The van der Waals surface area contributed by atoms with Gasteiger partial charge in [0.1, 0.15) is 23.4 Å². The SMILES string of the molecule is CO[C@H]1/C=C/O[C@@]2(C)Oc3c(C)c(O)c4c(O)c(c(/C=N\N5CCN(Cc6c(C)cccc6C)CC5)c(O)c4c3C2=O)NC(=O)/C(C)=C\C=C\[C@H](C)[C@H](O)[C@@H](C)[C@@H](O)[C@@H](C)[C@H](OC(C)=O)[C@@H]1C. The van der Waals surface area contributed by atoms with Crippen LogP contribution in [-0.2, 0) is 30.3 Å². The molecule has 0 unspecified atom stereocenters. The normalized spacial score (nSPS) is 29.6. The van der Waals surface area contributed by atoms with Crippen molar-refractivity contribution >= 4 is 40.3 Å². The minimum atomic E-state index is -2.06. The fourth-order valence-corrected chi connectivity index (χ4v) is 9.34. The highest BCUT2D eigenvalue weighted by Crippen LogP contribution is 2.55. The van der Waals surface area contributed by atoms with E-state index >= 15 is 0 Å². The van der Waals surface area contributed by atoms with Gasteiger partial charge in [-0.2, -0.15) is 5.10 Å². The van der Waals surface area contributed by atoms with Crippen LogP contribution in [0.5, 0.6) is 23.0 Å². The van der Waals surface area contributed by atoms with Gasteiger partial charge < -0.3 is 49.8 Å². The molecular formula is C51H66N4O12. The number of aryl methyl sites for hydroxylation is 2. The second kappa shape index (κ2) is 20.5. The molecule has 4 aliphatic heterocycles. The third-order valence-electron chi connectivity index (χ3n) is 13.8. The van der Waals surface area contributed by atoms with E-state index in [2.05, 4.69) is 36.2 Å². The van der Waals surface area contributed by atoms with E-state index in [0.717, 1.165) is 6.54 Å². The summed E-state index contributed by atoms with van der Waals surface area (Å²) in [6.07, 6.45) is 4.88. The van der Waals surface area contributed by atoms with Gasteiger partial charge in [-0.25, -0.2) is 0 Å². The van der Waals surface area contributed by atoms with Crippen molar-refractivity contribution in [3.63, 3.8) is 0 Å². The molecule has 3 aromatic carbocycles. The Morgan fingerprint density at radius 3 is 2.19 bits per heavy atom. The lowest BCUT2D eigenvalue weighted by Crippen LogP contribution is -2.46. The number of carbonyl (C=O) groups is 3. The Morgan fingerprint density at radius 1 is 0.910 bits per heavy atom. The molecule has 7 rings (SSSR count). The van der Waals surface area contributed by atoms with Crippen LogP contribution in [0.25, 0.3) is 10.8 Å². The summed E-state index contributed by atoms with van der Waals surface area (Å²) in [6.45, 7) is 20.0. The van der Waals surface area contributed by atoms with Gasteiger partial charge in [0.05, 0.1) is 53.0 Å². The van der Waals surface area contributed by atoms with Crippen LogP contribution in [0.3, 0.4) is 0 Å². The van der Waals surface area contributed by atoms with Crippen LogP contribution in [-0.4, -0.2) is 123 Å². The molecule has 0 spiro atoms. The molecule has 67 heavy (non-hydrogen) atoms. The quantitative estimate of drug-likeness (QED) is 0.0671. The number of esters is 1. The first-order valence-corrected chi connectivity index (χ1v) is 22.8. The number of nitrogens with zero attached hydrogens (tertiary/aromatic N) is 3. The van der Waals surface area contributed by atoms with Crippen LogP contribution >= 0.6 is 0 Å². The minimum absolute atomic E-state index is 0.0525. The molecule has 3 aromatic rings. The van der Waals surface area contributed by atoms with Crippen molar-refractivity contribution in [3.05, 3.63) is 87.7 Å². The van der Waals surface area contributed by atoms with Gasteiger partial charge in [0.2, 0.25) is 0 Å². The third-order valence-corrected chi connectivity index (χ3v) is 13.8. The second-order valence-corrected chi connectivity index (χ2v) is 18.5. The lowest BCUT2D eigenvalue weighted by molar-refractivity contribution is -0.160. The summed E-state index contributed by atoms with van der Waals surface area (Å²) >= 11 is 0. The van der Waals surface area contributed by atoms with E-state index < -0.39 is 88.8 Å². The minimum Gasteiger partial charge on any atom is -0.507 e. The van der Waals surface area contributed by atoms with E-state index in [1.54, 1.807) is 39.8 Å². The van der Waals surface area contributed by atoms with Gasteiger partial charge in [-0.15, -0.1) is 0 Å². The van der Waals surface area contributed by atoms with Crippen LogP contribution in [0.4, 0.5) is 5.69 Å². The average Bonchev–Trinajstić information content (AvgIpc) is 3.56. The summed E-state index contributed by atoms with van der Waals surface area (Å²) in [6, 6.07) is 6.25. The van der Waals surface area contributed by atoms with E-state index in [9.17, 15) is 39.9 Å². The summed E-state index contributed by atoms with van der Waals surface area (Å²) in [7, 11) is 1.44. The number of nitrogens with one attached hydrogen (secondary N) is 1. The number of rotatable bonds is 6. The molecule has 16 heteroatoms. The molecule has 1 fully saturated rings. The Hall–Kier alpha value is -5.94. The molecule has 5 bridgehead atoms. The fraction of sp³-hybridized carbons (Fsp3) is 0.490. The summed E-state index contributed by atoms with van der Waals surface area (Å²) in [5.74, 6) is -8.42. The number of anilines is 1. The third kappa shape index (κ3) is 10.2. The van der Waals surface area contributed by atoms with Crippen molar-refractivity contribution in [1.82, 2.24) is 9.91 Å². The highest BCUT2D eigenvalue weighted by molar-refractivity contribution is 6.23. The number of Topliss-reactive ketones (excluding diaryl/α,β-unsaturated/α-hetero) is 1. The van der Waals surface area contributed by atoms with Crippen molar-refractivity contribution in [2.24, 2.45) is 28.8 Å². The Balaban J connectivity index is 1.45. The smallest absolute Gasteiger partial charge is 0.312 e. The summed E-state index contributed by atoms with van der Waals surface area (Å²) < 4.78 is 23.8. The number of fused-ring (bicyclic) bond motifs is 14. The lowest BCUT2D eigenvalue weighted by Gasteiger charge is -2.38. The topological polar surface area (TPSA) is 220 Å². The van der Waals surface area contributed by atoms with Gasteiger partial charge in [-0.3, -0.25) is 24.3 Å². The highest BCUT2D eigenvalue weighted by Gasteiger charge is 2.50. The van der Waals surface area contributed by atoms with Crippen LogP contribution in [0.15, 0.2) is 59.4 Å². The van der Waals surface area contributed by atoms with E-state index in [-0.39, 0.29) is 44.5 Å². The van der Waals surface area contributed by atoms with E-state index in [4.69, 9.17) is 24.0 Å². The number of aromatic hydroxyl groups is 3. The molecule has 0 radical (unpaired) electrons. The largest absolute Gasteiger partial charge is 0.507 e. The van der Waals surface area contributed by atoms with Gasteiger partial charge in [0.25, 0.3) is 11.7 Å². The highest BCUT2D eigenvalue weighted by atomic mass is 16.7. The molecule has 1 amide bonds. The number of allylic oxidation sites excluding steroid dienone is 2. The van der Waals surface area contributed by atoms with Crippen molar-refractivity contribution in [3.8, 4) is 23.0 Å². The van der Waals surface area contributed by atoms with Crippen LogP contribution in [0.2, 0.25) is 0 Å². The number of hydrazone groups is 1. The predicted octanol–water partition coefficient (Wildman–Crippen LogP) is 6.52. The molecule has 1 saturated heterocycles. The second-order valence-electron chi connectivity index (χ2n) is 18.5. The Labute approximate surface area is 392 Å². The monoisotopic (exact) mass is 926 g/mol. The molecule has 362 valence electrons. The van der Waals surface area contributed by atoms with Crippen molar-refractivity contribution in [2.75, 3.05) is 38.6 Å². The molecule has 4 heterocycles. The zero-order valence-electron chi connectivity index (χ0n) is 40.3. The number of ketones is 1. The van der Waals surface area contributed by atoms with Crippen LogP contribution in [0.1, 0.15) is 86.6 Å². The number of methoxy groups -OCH3 is 1. The maximum atomic E-state index is 14.6. The molecule has 0 aromatic heterocycles. The number of phenols is 3. The van der Waals surface area contributed by atoms with Gasteiger partial charge in [-0.05, 0) is 50.5 Å². The number of benzene rings is 3. The number of aliphatic hydroxyl groups is 2. The first-order chi connectivity index (χ1) is 31.6. The molecule has 0 saturated carbocycles. The number of piperazine rings is 1. The van der Waals surface area contributed by atoms with E-state index in [0.29, 0.717) is 26.2 Å². The van der Waals surface area contributed by atoms with E-state index in [1.807, 2.05) is 11.1 Å². The van der Waals surface area contributed by atoms with Crippen LogP contribution in [0, 0.1) is 44.4 Å². The maximum absolute atomic E-state index is 14.6. The number of carbonyl (C=O) groups excluding carboxylic acids is 3. The average molecular weight is 927 g/mol. The first-order valence-electron chi connectivity index (χ1n) is 22.8. The number of amides is 1. The number of ether oxygens (including phenoxy) is 4. The van der Waals surface area contributed by atoms with Crippen LogP contribution < -0.4 is 10.1 Å². The predicted molar refractivity (Wildman–Crippen MR) is 254 cm³/mol. The molecule has 4 aliphatic rings. The number of hydrogen-bond acceptors (Lipinski definition) is 15. The number of phenolic OH excluding ortho intramolecular Hbond substituents is 3. The molecule has 0 aliphatic carbocycles. The van der Waals surface area contributed by atoms with Gasteiger partial charge >= 0.3 is 11.8 Å². The molecule has 16 nitrogen and oxygen atoms in total. The zero-order valence-corrected chi connectivity index (χ0v) is 40.3. The standard InChI is InChI=1S/C51H66N4O12/c1-26-14-12-15-27(2)36(26)25-54-19-21-55(22-20-54)52-24-35-41-46(61)39-38(45(35)60)40-48(33(8)44(39)59)67-51(10,49(40)62)65-23-18-37(64-11)30(5)47(66-34(9)56)32(7)43(58)31(6)42(57)28(3)16-13-17-29(4)50(63)53-41/h12-18,23-24,28,30-32,37,42-43,47,57-61H,19-22,25H2,1-11H3,(H,53,63)/b16-13+,23-18+,29-17-,52-24-/t28-,30+,31+,32+,37-,42-,43+,47+,51-/m0/s1. The van der Waals surface area contributed by atoms with E-state index in [1.165, 1.54) is 76.1 Å².